The number of nitrogen functional groups attached to an aromatic ring is 1. The van der Waals surface area contributed by atoms with Crippen LogP contribution < -0.4 is 15.8 Å². The van der Waals surface area contributed by atoms with Crippen LogP contribution in [0.2, 0.25) is 0 Å². The molecule has 0 radical (unpaired) electrons. The molecular weight excluding hydrogens is 346 g/mol. The van der Waals surface area contributed by atoms with Crippen molar-refractivity contribution in [3.63, 3.8) is 0 Å². The highest BCUT2D eigenvalue weighted by Gasteiger charge is 2.18. The van der Waals surface area contributed by atoms with Crippen molar-refractivity contribution in [3.8, 4) is 12.0 Å². The van der Waals surface area contributed by atoms with Gasteiger partial charge in [-0.2, -0.15) is 15.0 Å². The maximum atomic E-state index is 10.2. The average Bonchev–Trinajstić information content (AvgIpc) is 2.90. The molecular formula is C15H26ClN7O2. The molecule has 0 saturated carbocycles. The van der Waals surface area contributed by atoms with Crippen LogP contribution in [-0.4, -0.2) is 68.9 Å². The lowest BCUT2D eigenvalue weighted by molar-refractivity contribution is 0.229. The van der Waals surface area contributed by atoms with E-state index >= 15 is 0 Å². The quantitative estimate of drug-likeness (QED) is 0.607. The maximum absolute atomic E-state index is 10.2. The van der Waals surface area contributed by atoms with Crippen molar-refractivity contribution in [2.45, 2.75) is 26.3 Å². The Hall–Kier alpha value is -1.84. The van der Waals surface area contributed by atoms with E-state index in [-0.39, 0.29) is 30.2 Å². The topological polar surface area (TPSA) is 114 Å². The molecule has 1 saturated heterocycles. The third-order valence-corrected chi connectivity index (χ3v) is 4.16. The lowest BCUT2D eigenvalue weighted by Gasteiger charge is -2.27. The molecule has 0 aliphatic carbocycles. The minimum absolute atomic E-state index is 0. The van der Waals surface area contributed by atoms with Crippen LogP contribution in [0.1, 0.15) is 19.8 Å². The number of ether oxygens (including phenoxy) is 1. The Balaban J connectivity index is 0.00000225. The van der Waals surface area contributed by atoms with Gasteiger partial charge >= 0.3 is 6.01 Å². The molecule has 4 N–H and O–H groups in total. The fourth-order valence-corrected chi connectivity index (χ4v) is 2.74. The summed E-state index contributed by atoms with van der Waals surface area (Å²) in [5.41, 5.74) is 6.87. The summed E-state index contributed by atoms with van der Waals surface area (Å²) in [6.45, 7) is 8.01. The summed E-state index contributed by atoms with van der Waals surface area (Å²) in [6.07, 6.45) is 1.95. The number of imidazole rings is 1. The van der Waals surface area contributed by atoms with Gasteiger partial charge in [-0.05, 0) is 6.42 Å². The molecule has 0 bridgehead atoms. The Labute approximate surface area is 153 Å². The van der Waals surface area contributed by atoms with Gasteiger partial charge in [0.05, 0.1) is 6.61 Å². The van der Waals surface area contributed by atoms with Gasteiger partial charge in [0.15, 0.2) is 17.0 Å². The summed E-state index contributed by atoms with van der Waals surface area (Å²) in [6, 6.07) is 0.142. The van der Waals surface area contributed by atoms with E-state index in [9.17, 15) is 5.11 Å². The smallest absolute Gasteiger partial charge is 0.320 e. The summed E-state index contributed by atoms with van der Waals surface area (Å²) < 4.78 is 7.22. The molecule has 0 aromatic carbocycles. The number of nitrogens with two attached hydrogens (primary N) is 1. The summed E-state index contributed by atoms with van der Waals surface area (Å²) in [4.78, 5) is 14.9. The molecule has 9 nitrogen and oxygen atoms in total. The second-order valence-corrected chi connectivity index (χ2v) is 5.92. The van der Waals surface area contributed by atoms with Gasteiger partial charge in [-0.1, -0.05) is 13.3 Å². The van der Waals surface area contributed by atoms with Crippen molar-refractivity contribution < 1.29 is 9.84 Å². The fourth-order valence-electron chi connectivity index (χ4n) is 2.74. The molecule has 140 valence electrons. The van der Waals surface area contributed by atoms with Crippen LogP contribution in [0.3, 0.4) is 0 Å². The molecule has 1 aliphatic heterocycles. The van der Waals surface area contributed by atoms with Crippen LogP contribution in [0.4, 0.5) is 5.82 Å². The monoisotopic (exact) mass is 371 g/mol. The van der Waals surface area contributed by atoms with Crippen molar-refractivity contribution >= 4 is 29.4 Å². The Morgan fingerprint density at radius 2 is 1.96 bits per heavy atom. The first-order chi connectivity index (χ1) is 11.7. The SMILES string of the molecule is CCCCOc1nc(N)c2nc(O)n(CCN3CCNCC3)c2n1.Cl. The summed E-state index contributed by atoms with van der Waals surface area (Å²) >= 11 is 0. The lowest BCUT2D eigenvalue weighted by atomic mass is 10.3. The van der Waals surface area contributed by atoms with Gasteiger partial charge in [0.2, 0.25) is 0 Å². The van der Waals surface area contributed by atoms with Gasteiger partial charge in [0, 0.05) is 39.3 Å². The van der Waals surface area contributed by atoms with E-state index in [1.807, 2.05) is 0 Å². The molecule has 2 aromatic heterocycles. The van der Waals surface area contributed by atoms with Crippen molar-refractivity contribution in [2.24, 2.45) is 0 Å². The normalized spacial score (nSPS) is 15.2. The second kappa shape index (κ2) is 9.02. The minimum Gasteiger partial charge on any atom is -0.480 e. The molecule has 10 heteroatoms. The molecule has 0 unspecified atom stereocenters. The summed E-state index contributed by atoms with van der Waals surface area (Å²) in [7, 11) is 0. The van der Waals surface area contributed by atoms with Gasteiger partial charge < -0.3 is 20.9 Å². The fraction of sp³-hybridized carbons (Fsp3) is 0.667. The number of hydrogen-bond acceptors (Lipinski definition) is 8. The van der Waals surface area contributed by atoms with E-state index in [1.54, 1.807) is 4.57 Å². The van der Waals surface area contributed by atoms with Gasteiger partial charge in [0.1, 0.15) is 0 Å². The first kappa shape index (κ1) is 19.5. The van der Waals surface area contributed by atoms with Crippen LogP contribution >= 0.6 is 12.4 Å². The largest absolute Gasteiger partial charge is 0.480 e. The number of halogens is 1. The van der Waals surface area contributed by atoms with Crippen molar-refractivity contribution in [1.82, 2.24) is 29.7 Å². The Bertz CT molecular complexity index is 688. The van der Waals surface area contributed by atoms with E-state index in [4.69, 9.17) is 10.5 Å². The van der Waals surface area contributed by atoms with Crippen molar-refractivity contribution in [2.75, 3.05) is 45.1 Å². The van der Waals surface area contributed by atoms with Gasteiger partial charge in [-0.3, -0.25) is 9.47 Å². The van der Waals surface area contributed by atoms with Crippen molar-refractivity contribution in [1.29, 1.82) is 0 Å². The summed E-state index contributed by atoms with van der Waals surface area (Å²) in [5, 5.41) is 13.5. The molecule has 0 amide bonds. The van der Waals surface area contributed by atoms with E-state index in [0.29, 0.717) is 24.3 Å². The standard InChI is InChI=1S/C15H25N7O2.ClH/c1-2-3-10-24-14-19-12(16)11-13(20-14)22(15(23)18-11)9-8-21-6-4-17-5-7-21;/h17H,2-10H2,1H3,(H,18,23)(H2,16,19,20);1H. The summed E-state index contributed by atoms with van der Waals surface area (Å²) in [5.74, 6) is 0.225. The molecule has 0 atom stereocenters. The Morgan fingerprint density at radius 1 is 1.20 bits per heavy atom. The van der Waals surface area contributed by atoms with Gasteiger partial charge in [-0.15, -0.1) is 12.4 Å². The molecule has 2 aromatic rings. The van der Waals surface area contributed by atoms with Crippen LogP contribution in [0.15, 0.2) is 0 Å². The number of hydrogen-bond donors (Lipinski definition) is 3. The van der Waals surface area contributed by atoms with E-state index in [2.05, 4.69) is 32.1 Å². The maximum Gasteiger partial charge on any atom is 0.320 e. The zero-order valence-electron chi connectivity index (χ0n) is 14.4. The molecule has 3 heterocycles. The lowest BCUT2D eigenvalue weighted by Crippen LogP contribution is -2.44. The first-order valence-electron chi connectivity index (χ1n) is 8.47. The van der Waals surface area contributed by atoms with Crippen LogP contribution in [0.5, 0.6) is 12.0 Å². The number of anilines is 1. The second-order valence-electron chi connectivity index (χ2n) is 5.92. The average molecular weight is 372 g/mol. The number of aromatic hydroxyl groups is 1. The van der Waals surface area contributed by atoms with Gasteiger partial charge in [-0.25, -0.2) is 0 Å². The van der Waals surface area contributed by atoms with Gasteiger partial charge in [0.25, 0.3) is 6.01 Å². The first-order valence-corrected chi connectivity index (χ1v) is 8.47. The third-order valence-electron chi connectivity index (χ3n) is 4.16. The number of nitrogens with one attached hydrogen (secondary N) is 1. The Morgan fingerprint density at radius 3 is 2.68 bits per heavy atom. The van der Waals surface area contributed by atoms with Crippen LogP contribution in [0, 0.1) is 0 Å². The minimum atomic E-state index is -0.0909. The molecule has 1 aliphatic rings. The van der Waals surface area contributed by atoms with Crippen LogP contribution in [-0.2, 0) is 6.54 Å². The van der Waals surface area contributed by atoms with E-state index in [1.165, 1.54) is 0 Å². The number of nitrogens with zero attached hydrogens (tertiary/aromatic N) is 5. The highest BCUT2D eigenvalue weighted by molar-refractivity contribution is 5.85. The number of unbranched alkanes of at least 4 members (excludes halogenated alkanes) is 1. The highest BCUT2D eigenvalue weighted by Crippen LogP contribution is 2.24. The number of fused-ring (bicyclic) bond motifs is 1. The molecule has 1 fully saturated rings. The number of piperazine rings is 1. The highest BCUT2D eigenvalue weighted by atomic mass is 35.5. The van der Waals surface area contributed by atoms with Crippen molar-refractivity contribution in [3.05, 3.63) is 0 Å². The predicted octanol–water partition coefficient (Wildman–Crippen LogP) is 0.620. The Kier molecular flexibility index (Phi) is 7.03. The number of rotatable bonds is 7. The van der Waals surface area contributed by atoms with E-state index in [0.717, 1.165) is 45.6 Å². The van der Waals surface area contributed by atoms with Crippen LogP contribution in [0.25, 0.3) is 11.2 Å². The predicted molar refractivity (Wildman–Crippen MR) is 98.4 cm³/mol. The number of aromatic nitrogens is 4. The zero-order valence-corrected chi connectivity index (χ0v) is 15.3. The molecule has 3 rings (SSSR count). The zero-order chi connectivity index (χ0) is 16.9. The molecule has 0 spiro atoms. The van der Waals surface area contributed by atoms with E-state index < -0.39 is 0 Å². The third kappa shape index (κ3) is 4.62. The molecule has 25 heavy (non-hydrogen) atoms.